The van der Waals surface area contributed by atoms with Gasteiger partial charge in [0.2, 0.25) is 5.91 Å². The number of hydrogen-bond acceptors (Lipinski definition) is 4. The first-order valence-electron chi connectivity index (χ1n) is 3.94. The molecule has 0 atom stereocenters. The third kappa shape index (κ3) is 3.44. The largest absolute Gasteiger partial charge is 0.393 e. The van der Waals surface area contributed by atoms with Crippen LogP contribution in [0.3, 0.4) is 0 Å². The van der Waals surface area contributed by atoms with Gasteiger partial charge in [-0.05, 0) is 6.92 Å². The first-order chi connectivity index (χ1) is 6.58. The highest BCUT2D eigenvalue weighted by Gasteiger charge is 2.03. The first-order valence-corrected chi connectivity index (χ1v) is 4.35. The molecule has 0 saturated carbocycles. The van der Waals surface area contributed by atoms with Crippen LogP contribution in [0.1, 0.15) is 12.2 Å². The van der Waals surface area contributed by atoms with Crippen LogP contribution >= 0.6 is 12.2 Å². The highest BCUT2D eigenvalue weighted by atomic mass is 32.1. The molecule has 0 unspecified atom stereocenters. The second-order valence-electron chi connectivity index (χ2n) is 2.71. The maximum atomic E-state index is 11.2. The maximum absolute atomic E-state index is 11.2. The van der Waals surface area contributed by atoms with Gasteiger partial charge in [-0.15, -0.1) is 0 Å². The van der Waals surface area contributed by atoms with Crippen LogP contribution in [0, 0.1) is 6.92 Å². The van der Waals surface area contributed by atoms with Crippen LogP contribution < -0.4 is 11.1 Å². The molecule has 0 aliphatic carbocycles. The van der Waals surface area contributed by atoms with E-state index in [1.807, 2.05) is 0 Å². The van der Waals surface area contributed by atoms with E-state index < -0.39 is 0 Å². The molecule has 0 aliphatic heterocycles. The van der Waals surface area contributed by atoms with E-state index in [1.54, 1.807) is 6.92 Å². The SMILES string of the molecule is Cc1ncc(NC(=O)CC(N)=S)cn1. The van der Waals surface area contributed by atoms with E-state index in [0.717, 1.165) is 0 Å². The van der Waals surface area contributed by atoms with Gasteiger partial charge in [-0.2, -0.15) is 0 Å². The molecule has 1 aromatic heterocycles. The van der Waals surface area contributed by atoms with Crippen LogP contribution in [-0.2, 0) is 4.79 Å². The number of amides is 1. The molecule has 0 aromatic carbocycles. The third-order valence-corrected chi connectivity index (χ3v) is 1.54. The number of anilines is 1. The van der Waals surface area contributed by atoms with Crippen molar-refractivity contribution >= 4 is 28.8 Å². The summed E-state index contributed by atoms with van der Waals surface area (Å²) in [5.74, 6) is 0.391. The fraction of sp³-hybridized carbons (Fsp3) is 0.250. The van der Waals surface area contributed by atoms with Gasteiger partial charge in [-0.25, -0.2) is 9.97 Å². The Labute approximate surface area is 86.7 Å². The van der Waals surface area contributed by atoms with Crippen LogP contribution in [0.5, 0.6) is 0 Å². The molecular formula is C8H10N4OS. The van der Waals surface area contributed by atoms with Gasteiger partial charge < -0.3 is 11.1 Å². The van der Waals surface area contributed by atoms with E-state index in [2.05, 4.69) is 27.5 Å². The zero-order valence-corrected chi connectivity index (χ0v) is 8.47. The molecule has 5 nitrogen and oxygen atoms in total. The van der Waals surface area contributed by atoms with Crippen LogP contribution in [0.4, 0.5) is 5.69 Å². The molecule has 0 fully saturated rings. The topological polar surface area (TPSA) is 80.9 Å². The highest BCUT2D eigenvalue weighted by molar-refractivity contribution is 7.80. The van der Waals surface area contributed by atoms with Gasteiger partial charge in [0.25, 0.3) is 0 Å². The number of nitrogens with one attached hydrogen (secondary N) is 1. The highest BCUT2D eigenvalue weighted by Crippen LogP contribution is 2.02. The summed E-state index contributed by atoms with van der Waals surface area (Å²) < 4.78 is 0. The number of aryl methyl sites for hydroxylation is 1. The van der Waals surface area contributed by atoms with Crippen molar-refractivity contribution in [3.8, 4) is 0 Å². The lowest BCUT2D eigenvalue weighted by molar-refractivity contribution is -0.115. The molecule has 1 rings (SSSR count). The molecule has 1 aromatic rings. The normalized spacial score (nSPS) is 9.50. The summed E-state index contributed by atoms with van der Waals surface area (Å²) in [6.07, 6.45) is 3.09. The minimum Gasteiger partial charge on any atom is -0.393 e. The Morgan fingerprint density at radius 3 is 2.64 bits per heavy atom. The van der Waals surface area contributed by atoms with Crippen molar-refractivity contribution in [1.82, 2.24) is 9.97 Å². The van der Waals surface area contributed by atoms with E-state index in [0.29, 0.717) is 11.5 Å². The minimum atomic E-state index is -0.259. The van der Waals surface area contributed by atoms with Crippen molar-refractivity contribution in [2.75, 3.05) is 5.32 Å². The number of thiocarbonyl (C=S) groups is 1. The molecule has 0 aliphatic rings. The fourth-order valence-corrected chi connectivity index (χ4v) is 0.952. The van der Waals surface area contributed by atoms with Crippen molar-refractivity contribution in [3.05, 3.63) is 18.2 Å². The maximum Gasteiger partial charge on any atom is 0.231 e. The average molecular weight is 210 g/mol. The van der Waals surface area contributed by atoms with E-state index in [1.165, 1.54) is 12.4 Å². The van der Waals surface area contributed by atoms with Crippen LogP contribution in [0.15, 0.2) is 12.4 Å². The van der Waals surface area contributed by atoms with Gasteiger partial charge >= 0.3 is 0 Å². The molecule has 0 saturated heterocycles. The number of nitrogens with zero attached hydrogens (tertiary/aromatic N) is 2. The summed E-state index contributed by atoms with van der Waals surface area (Å²) in [5, 5.41) is 2.57. The molecule has 14 heavy (non-hydrogen) atoms. The molecule has 3 N–H and O–H groups in total. The Hall–Kier alpha value is -1.56. The standard InChI is InChI=1S/C8H10N4OS/c1-5-10-3-6(4-11-5)12-8(13)2-7(9)14/h3-4H,2H2,1H3,(H2,9,14)(H,12,13). The van der Waals surface area contributed by atoms with Gasteiger partial charge in [0.1, 0.15) is 5.82 Å². The van der Waals surface area contributed by atoms with Crippen molar-refractivity contribution in [1.29, 1.82) is 0 Å². The lowest BCUT2D eigenvalue weighted by atomic mass is 10.4. The number of carbonyl (C=O) groups excluding carboxylic acids is 1. The summed E-state index contributed by atoms with van der Waals surface area (Å²) in [4.78, 5) is 19.2. The van der Waals surface area contributed by atoms with Crippen molar-refractivity contribution < 1.29 is 4.79 Å². The number of rotatable bonds is 3. The lowest BCUT2D eigenvalue weighted by Crippen LogP contribution is -2.20. The smallest absolute Gasteiger partial charge is 0.231 e. The lowest BCUT2D eigenvalue weighted by Gasteiger charge is -2.02. The van der Waals surface area contributed by atoms with E-state index in [4.69, 9.17) is 5.73 Å². The van der Waals surface area contributed by atoms with Gasteiger partial charge in [-0.1, -0.05) is 12.2 Å². The van der Waals surface area contributed by atoms with Gasteiger partial charge in [0.05, 0.1) is 29.5 Å². The summed E-state index contributed by atoms with van der Waals surface area (Å²) in [6.45, 7) is 1.76. The summed E-state index contributed by atoms with van der Waals surface area (Å²) >= 11 is 4.59. The molecule has 1 heterocycles. The monoisotopic (exact) mass is 210 g/mol. The zero-order chi connectivity index (χ0) is 10.6. The summed E-state index contributed by atoms with van der Waals surface area (Å²) in [7, 11) is 0. The number of nitrogens with two attached hydrogens (primary N) is 1. The second-order valence-corrected chi connectivity index (χ2v) is 3.23. The molecule has 0 radical (unpaired) electrons. The Kier molecular flexibility index (Phi) is 3.47. The third-order valence-electron chi connectivity index (χ3n) is 1.40. The number of aromatic nitrogens is 2. The molecule has 1 amide bonds. The van der Waals surface area contributed by atoms with Crippen molar-refractivity contribution in [2.24, 2.45) is 5.73 Å². The quantitative estimate of drug-likeness (QED) is 0.706. The van der Waals surface area contributed by atoms with Gasteiger partial charge in [0, 0.05) is 0 Å². The van der Waals surface area contributed by atoms with Crippen LogP contribution in [-0.4, -0.2) is 20.9 Å². The predicted molar refractivity (Wildman–Crippen MR) is 56.8 cm³/mol. The minimum absolute atomic E-state index is 0.0310. The number of carbonyl (C=O) groups is 1. The van der Waals surface area contributed by atoms with Crippen molar-refractivity contribution in [2.45, 2.75) is 13.3 Å². The number of hydrogen-bond donors (Lipinski definition) is 2. The fourth-order valence-electron chi connectivity index (χ4n) is 0.821. The molecule has 6 heteroatoms. The van der Waals surface area contributed by atoms with E-state index >= 15 is 0 Å². The molecule has 74 valence electrons. The summed E-state index contributed by atoms with van der Waals surface area (Å²) in [5.41, 5.74) is 5.75. The molecular weight excluding hydrogens is 200 g/mol. The average Bonchev–Trinajstić information content (AvgIpc) is 2.07. The molecule has 0 spiro atoms. The zero-order valence-electron chi connectivity index (χ0n) is 7.65. The molecule has 0 bridgehead atoms. The second kappa shape index (κ2) is 4.61. The van der Waals surface area contributed by atoms with Gasteiger partial charge in [0.15, 0.2) is 0 Å². The Morgan fingerprint density at radius 1 is 1.57 bits per heavy atom. The first kappa shape index (κ1) is 10.5. The Balaban J connectivity index is 2.56. The van der Waals surface area contributed by atoms with Crippen LogP contribution in [0.25, 0.3) is 0 Å². The predicted octanol–water partition coefficient (Wildman–Crippen LogP) is 0.400. The van der Waals surface area contributed by atoms with Gasteiger partial charge in [-0.3, -0.25) is 4.79 Å². The summed E-state index contributed by atoms with van der Waals surface area (Å²) in [6, 6.07) is 0. The van der Waals surface area contributed by atoms with Crippen molar-refractivity contribution in [3.63, 3.8) is 0 Å². The van der Waals surface area contributed by atoms with E-state index in [-0.39, 0.29) is 17.3 Å². The van der Waals surface area contributed by atoms with Crippen LogP contribution in [0.2, 0.25) is 0 Å². The Bertz CT molecular complexity index is 349. The Morgan fingerprint density at radius 2 is 2.14 bits per heavy atom. The van der Waals surface area contributed by atoms with E-state index in [9.17, 15) is 4.79 Å².